The Labute approximate surface area is 551 Å². The summed E-state index contributed by atoms with van der Waals surface area (Å²) in [5, 5.41) is 89.1. The fourth-order valence-corrected chi connectivity index (χ4v) is 10.1. The van der Waals surface area contributed by atoms with Gasteiger partial charge < -0.3 is 122 Å². The first-order chi connectivity index (χ1) is 44.7. The minimum absolute atomic E-state index is 0.0179. The van der Waals surface area contributed by atoms with Crippen molar-refractivity contribution in [2.45, 2.75) is 133 Å². The highest BCUT2D eigenvalue weighted by atomic mass is 32.2. The Morgan fingerprint density at radius 1 is 0.511 bits per heavy atom. The predicted octanol–water partition coefficient (Wildman–Crippen LogP) is -2.18. The largest absolute Gasteiger partial charge is 0.550 e. The Bertz CT molecular complexity index is 2650. The van der Waals surface area contributed by atoms with Crippen LogP contribution in [0.4, 0.5) is 0 Å². The number of carbonyl (C=O) groups is 10. The molecule has 0 amide bonds. The van der Waals surface area contributed by atoms with Crippen LogP contribution in [0.25, 0.3) is 0 Å². The zero-order chi connectivity index (χ0) is 70.5. The molecular formula is C67H83O26S-9. The second-order valence-electron chi connectivity index (χ2n) is 21.2. The monoisotopic (exact) mass is 1340 g/mol. The summed E-state index contributed by atoms with van der Waals surface area (Å²) < 4.78 is 33.4. The van der Waals surface area contributed by atoms with Crippen molar-refractivity contribution in [1.29, 1.82) is 0 Å². The van der Waals surface area contributed by atoms with Crippen LogP contribution in [0.3, 0.4) is 0 Å². The molecule has 0 N–H and O–H groups in total. The first kappa shape index (κ1) is 85.5. The number of esters is 1. The molecule has 0 unspecified atom stereocenters. The Kier molecular flexibility index (Phi) is 48.2. The van der Waals surface area contributed by atoms with Gasteiger partial charge in [-0.05, 0) is 145 Å². The van der Waals surface area contributed by atoms with Crippen LogP contribution in [0.2, 0.25) is 0 Å². The van der Waals surface area contributed by atoms with E-state index in [0.29, 0.717) is 24.3 Å². The molecule has 0 spiro atoms. The fourth-order valence-electron chi connectivity index (χ4n) is 9.48. The van der Waals surface area contributed by atoms with E-state index in [1.807, 2.05) is 78.9 Å². The number of hydrogen-bond donors (Lipinski definition) is 0. The third-order valence-electron chi connectivity index (χ3n) is 12.9. The number of benzene rings is 4. The van der Waals surface area contributed by atoms with Gasteiger partial charge in [-0.25, -0.2) is 4.79 Å². The number of aliphatic carboxylic acids is 9. The van der Waals surface area contributed by atoms with Gasteiger partial charge in [-0.1, -0.05) is 104 Å². The van der Waals surface area contributed by atoms with Gasteiger partial charge in [0.1, 0.15) is 12.4 Å². The molecule has 0 radical (unpaired) electrons. The molecule has 0 heterocycles. The number of carboxylic acid groups (broad SMARTS) is 9. The van der Waals surface area contributed by atoms with Crippen molar-refractivity contribution in [2.75, 3.05) is 65.7 Å². The molecule has 0 atom stereocenters. The van der Waals surface area contributed by atoms with E-state index in [-0.39, 0.29) is 76.0 Å². The van der Waals surface area contributed by atoms with E-state index in [1.54, 1.807) is 51.1 Å². The first-order valence-electron chi connectivity index (χ1n) is 30.0. The van der Waals surface area contributed by atoms with Crippen LogP contribution in [0, 0.1) is 17.8 Å². The summed E-state index contributed by atoms with van der Waals surface area (Å²) in [5.74, 6) is -7.79. The highest BCUT2D eigenvalue weighted by Gasteiger charge is 2.51. The molecule has 5 saturated carbocycles. The Morgan fingerprint density at radius 2 is 0.968 bits per heavy atom. The normalized spacial score (nSPS) is 16.5. The van der Waals surface area contributed by atoms with Crippen molar-refractivity contribution in [3.63, 3.8) is 0 Å². The lowest BCUT2D eigenvalue weighted by molar-refractivity contribution is -0.315. The maximum atomic E-state index is 11.0. The lowest BCUT2D eigenvalue weighted by atomic mass is 9.54. The van der Waals surface area contributed by atoms with Crippen LogP contribution in [0.5, 0.6) is 5.75 Å². The SMILES string of the molecule is CC(C)OCC(=O)[O-].CCOCC(=O)[O-].COCC(=O)[O-].O=C([O-])CCOc1ccccc1.O=C([O-])CCc1ccccc1.O=C([O-])COC(=O)c1ccccc1.O=C([O-])COC12CC3CC(CC(C3)C1)C2.O=C([O-])COC1CCCCC1.O=C([O-])CSc1ccccc1. The molecule has 522 valence electrons. The number of carboxylic acids is 9. The third-order valence-corrected chi connectivity index (χ3v) is 13.9. The zero-order valence-electron chi connectivity index (χ0n) is 53.2. The van der Waals surface area contributed by atoms with E-state index in [9.17, 15) is 93.9 Å². The van der Waals surface area contributed by atoms with Crippen LogP contribution in [0.15, 0.2) is 126 Å². The summed E-state index contributed by atoms with van der Waals surface area (Å²) in [7, 11) is 1.30. The molecule has 94 heavy (non-hydrogen) atoms. The quantitative estimate of drug-likeness (QED) is 0.0452. The lowest BCUT2D eigenvalue weighted by Gasteiger charge is -2.56. The zero-order valence-corrected chi connectivity index (χ0v) is 54.0. The van der Waals surface area contributed by atoms with E-state index in [4.69, 9.17) is 14.2 Å². The van der Waals surface area contributed by atoms with Gasteiger partial charge in [-0.3, -0.25) is 0 Å². The van der Waals surface area contributed by atoms with Crippen LogP contribution in [0.1, 0.15) is 120 Å². The molecular weight excluding hydrogens is 1250 g/mol. The van der Waals surface area contributed by atoms with Crippen LogP contribution >= 0.6 is 11.8 Å². The number of aryl methyl sites for hydroxylation is 1. The van der Waals surface area contributed by atoms with Crippen LogP contribution < -0.4 is 50.7 Å². The molecule has 0 saturated heterocycles. The van der Waals surface area contributed by atoms with Gasteiger partial charge in [0, 0.05) is 42.7 Å². The highest BCUT2D eigenvalue weighted by molar-refractivity contribution is 8.00. The van der Waals surface area contributed by atoms with E-state index in [1.165, 1.54) is 56.7 Å². The van der Waals surface area contributed by atoms with Crippen molar-refractivity contribution >= 4 is 71.5 Å². The third kappa shape index (κ3) is 50.1. The average Bonchev–Trinajstić information content (AvgIpc) is 0.757. The number of hydrogen-bond acceptors (Lipinski definition) is 27. The predicted molar refractivity (Wildman–Crippen MR) is 319 cm³/mol. The van der Waals surface area contributed by atoms with Gasteiger partial charge in [0.25, 0.3) is 0 Å². The summed E-state index contributed by atoms with van der Waals surface area (Å²) in [4.78, 5) is 101. The molecule has 4 aromatic rings. The number of methoxy groups -OCH3 is 1. The number of thioether (sulfide) groups is 1. The second kappa shape index (κ2) is 53.0. The summed E-state index contributed by atoms with van der Waals surface area (Å²) in [5.41, 5.74) is 1.27. The maximum Gasteiger partial charge on any atom is 0.338 e. The number of ether oxygens (including phenoxy) is 7. The van der Waals surface area contributed by atoms with Crippen molar-refractivity contribution in [1.82, 2.24) is 0 Å². The number of para-hydroxylation sites is 1. The molecule has 4 aromatic carbocycles. The topological polar surface area (TPSA) is 443 Å². The van der Waals surface area contributed by atoms with Gasteiger partial charge in [0.2, 0.25) is 0 Å². The lowest BCUT2D eigenvalue weighted by Crippen LogP contribution is -2.53. The minimum atomic E-state index is -1.41. The molecule has 9 rings (SSSR count). The smallest absolute Gasteiger partial charge is 0.338 e. The van der Waals surface area contributed by atoms with Crippen molar-refractivity contribution in [3.8, 4) is 5.75 Å². The molecule has 5 aliphatic carbocycles. The molecule has 27 heteroatoms. The Balaban J connectivity index is 0.00000105. The van der Waals surface area contributed by atoms with Gasteiger partial charge >= 0.3 is 5.97 Å². The van der Waals surface area contributed by atoms with Gasteiger partial charge in [-0.15, -0.1) is 11.8 Å². The van der Waals surface area contributed by atoms with Crippen molar-refractivity contribution in [2.24, 2.45) is 17.8 Å². The van der Waals surface area contributed by atoms with E-state index >= 15 is 0 Å². The van der Waals surface area contributed by atoms with Gasteiger partial charge in [0.05, 0.1) is 105 Å². The van der Waals surface area contributed by atoms with E-state index in [2.05, 4.69) is 18.9 Å². The number of carbonyl (C=O) groups excluding carboxylic acids is 10. The standard InChI is InChI=1S/C12H18O3.C9H8O4.C9H10O3.C9H10O2.C8H14O3.C8H8O2S.C5H10O3.C4H8O3.C3H6O3/c13-11(14)7-15-12-4-8-1-9(5-12)3-10(2-8)6-12;10-8(11)6-13-9(12)7-4-2-1-3-5-7;10-9(11)6-7-12-8-4-2-1-3-5-8;10-9(11)7-6-8-4-2-1-3-5-8;2*9-8(10)6-11-7-4-2-1-3-5-7;1-4(2)8-3-5(6)7;1-2-7-3-4(5)6;1-6-2-3(4)5/h8-10H,1-7H2,(H,13,14);1-5H,6H2,(H,10,11);1-5H,6-7H2,(H,10,11);1-5H,6-7H2,(H,10,11);7H,1-6H2,(H,9,10);1-5H,6H2,(H,9,10);4H,3H2,1-2H3,(H,6,7);2-3H2,1H3,(H,5,6);2H2,1H3,(H,4,5)/p-9. The molecule has 0 aromatic heterocycles. The van der Waals surface area contributed by atoms with Gasteiger partial charge in [-0.2, -0.15) is 0 Å². The molecule has 26 nitrogen and oxygen atoms in total. The average molecular weight is 1340 g/mol. The molecule has 0 aliphatic heterocycles. The van der Waals surface area contributed by atoms with Gasteiger partial charge in [0.15, 0.2) is 0 Å². The summed E-state index contributed by atoms with van der Waals surface area (Å²) in [6.07, 6.45) is 13.7. The molecule has 5 fully saturated rings. The second-order valence-corrected chi connectivity index (χ2v) is 22.2. The number of rotatable bonds is 27. The Morgan fingerprint density at radius 3 is 1.36 bits per heavy atom. The summed E-state index contributed by atoms with van der Waals surface area (Å²) in [6.45, 7) is 3.74. The highest BCUT2D eigenvalue weighted by Crippen LogP contribution is 2.57. The molecule has 5 aliphatic rings. The van der Waals surface area contributed by atoms with Crippen LogP contribution in [-0.4, -0.2) is 143 Å². The van der Waals surface area contributed by atoms with Crippen molar-refractivity contribution < 1.29 is 127 Å². The fraction of sp³-hybridized carbons (Fsp3) is 0.493. The maximum absolute atomic E-state index is 11.0. The van der Waals surface area contributed by atoms with Crippen LogP contribution in [-0.2, 0) is 78.0 Å². The molecule has 4 bridgehead atoms. The summed E-state index contributed by atoms with van der Waals surface area (Å²) >= 11 is 1.27. The van der Waals surface area contributed by atoms with Crippen molar-refractivity contribution in [3.05, 3.63) is 132 Å². The van der Waals surface area contributed by atoms with E-state index in [0.717, 1.165) is 73.2 Å². The first-order valence-corrected chi connectivity index (χ1v) is 31.0. The minimum Gasteiger partial charge on any atom is -0.550 e. The Hall–Kier alpha value is -8.47. The van der Waals surface area contributed by atoms with E-state index < -0.39 is 66.3 Å². The summed E-state index contributed by atoms with van der Waals surface area (Å²) in [6, 6.07) is 36.1.